The van der Waals surface area contributed by atoms with Crippen molar-refractivity contribution in [2.75, 3.05) is 46.5 Å². The summed E-state index contributed by atoms with van der Waals surface area (Å²) < 4.78 is 5.61. The van der Waals surface area contributed by atoms with Gasteiger partial charge in [-0.25, -0.2) is 0 Å². The Morgan fingerprint density at radius 1 is 1.35 bits per heavy atom. The Bertz CT molecular complexity index is 377. The van der Waals surface area contributed by atoms with Gasteiger partial charge in [-0.05, 0) is 19.0 Å². The molecular weight excluding hydrogens is 252 g/mol. The van der Waals surface area contributed by atoms with E-state index in [9.17, 15) is 5.11 Å². The molecule has 0 aromatic heterocycles. The third-order valence-corrected chi connectivity index (χ3v) is 3.96. The van der Waals surface area contributed by atoms with Crippen LogP contribution in [0.25, 0.3) is 0 Å². The molecule has 1 atom stereocenters. The van der Waals surface area contributed by atoms with Crippen molar-refractivity contribution in [1.29, 1.82) is 0 Å². The maximum atomic E-state index is 9.31. The van der Waals surface area contributed by atoms with E-state index >= 15 is 0 Å². The number of aliphatic hydroxyl groups is 1. The zero-order chi connectivity index (χ0) is 14.3. The number of nitrogens with one attached hydrogen (secondary N) is 1. The van der Waals surface area contributed by atoms with Crippen molar-refractivity contribution in [1.82, 2.24) is 10.2 Å². The molecule has 1 aliphatic heterocycles. The predicted octanol–water partition coefficient (Wildman–Crippen LogP) is 1.11. The molecule has 4 heteroatoms. The van der Waals surface area contributed by atoms with Crippen molar-refractivity contribution in [2.24, 2.45) is 5.41 Å². The Hall–Kier alpha value is -0.940. The highest BCUT2D eigenvalue weighted by Crippen LogP contribution is 2.29. The lowest BCUT2D eigenvalue weighted by Crippen LogP contribution is -2.44. The maximum Gasteiger partial charge on any atom is 0.0558 e. The highest BCUT2D eigenvalue weighted by atomic mass is 16.5. The van der Waals surface area contributed by atoms with Crippen LogP contribution in [0.1, 0.15) is 12.0 Å². The molecule has 2 N–H and O–H groups in total. The Morgan fingerprint density at radius 3 is 2.75 bits per heavy atom. The SMILES string of the molecule is CNCC1(CN(CCO)Cc2ccccc2)CCOC1. The summed E-state index contributed by atoms with van der Waals surface area (Å²) in [5.41, 5.74) is 1.47. The molecule has 0 spiro atoms. The first-order valence-electron chi connectivity index (χ1n) is 7.37. The maximum absolute atomic E-state index is 9.31. The Labute approximate surface area is 121 Å². The van der Waals surface area contributed by atoms with E-state index in [4.69, 9.17) is 4.74 Å². The Morgan fingerprint density at radius 2 is 2.15 bits per heavy atom. The van der Waals surface area contributed by atoms with Crippen LogP contribution in [-0.4, -0.2) is 56.5 Å². The van der Waals surface area contributed by atoms with Gasteiger partial charge in [0.1, 0.15) is 0 Å². The van der Waals surface area contributed by atoms with Gasteiger partial charge in [0.05, 0.1) is 13.2 Å². The summed E-state index contributed by atoms with van der Waals surface area (Å²) in [4.78, 5) is 2.33. The summed E-state index contributed by atoms with van der Waals surface area (Å²) in [6.07, 6.45) is 1.09. The quantitative estimate of drug-likeness (QED) is 0.748. The number of nitrogens with zero attached hydrogens (tertiary/aromatic N) is 1. The molecule has 0 aliphatic carbocycles. The first kappa shape index (κ1) is 15.4. The molecule has 0 amide bonds. The van der Waals surface area contributed by atoms with Crippen molar-refractivity contribution in [3.63, 3.8) is 0 Å². The Balaban J connectivity index is 2.00. The number of hydrogen-bond acceptors (Lipinski definition) is 4. The number of hydrogen-bond donors (Lipinski definition) is 2. The number of benzene rings is 1. The molecule has 1 unspecified atom stereocenters. The minimum atomic E-state index is 0.179. The van der Waals surface area contributed by atoms with Crippen molar-refractivity contribution in [2.45, 2.75) is 13.0 Å². The monoisotopic (exact) mass is 278 g/mol. The fourth-order valence-electron chi connectivity index (χ4n) is 3.02. The van der Waals surface area contributed by atoms with Gasteiger partial charge in [0, 0.05) is 38.2 Å². The van der Waals surface area contributed by atoms with Crippen LogP contribution in [0, 0.1) is 5.41 Å². The van der Waals surface area contributed by atoms with Crippen LogP contribution in [0.5, 0.6) is 0 Å². The van der Waals surface area contributed by atoms with E-state index in [-0.39, 0.29) is 12.0 Å². The van der Waals surface area contributed by atoms with Crippen LogP contribution in [0.4, 0.5) is 0 Å². The third kappa shape index (κ3) is 4.28. The average molecular weight is 278 g/mol. The summed E-state index contributed by atoms with van der Waals surface area (Å²) in [5.74, 6) is 0. The van der Waals surface area contributed by atoms with E-state index in [1.54, 1.807) is 0 Å². The second-order valence-electron chi connectivity index (χ2n) is 5.75. The van der Waals surface area contributed by atoms with E-state index in [1.807, 2.05) is 13.1 Å². The molecule has 1 aliphatic rings. The molecule has 1 aromatic carbocycles. The van der Waals surface area contributed by atoms with Gasteiger partial charge in [0.25, 0.3) is 0 Å². The first-order valence-corrected chi connectivity index (χ1v) is 7.37. The smallest absolute Gasteiger partial charge is 0.0558 e. The van der Waals surface area contributed by atoms with Crippen LogP contribution in [-0.2, 0) is 11.3 Å². The van der Waals surface area contributed by atoms with E-state index in [0.29, 0.717) is 6.54 Å². The highest BCUT2D eigenvalue weighted by Gasteiger charge is 2.35. The van der Waals surface area contributed by atoms with Crippen molar-refractivity contribution in [3.05, 3.63) is 35.9 Å². The summed E-state index contributed by atoms with van der Waals surface area (Å²) in [6, 6.07) is 10.4. The van der Waals surface area contributed by atoms with Gasteiger partial charge in [0.15, 0.2) is 0 Å². The van der Waals surface area contributed by atoms with Gasteiger partial charge in [-0.3, -0.25) is 4.90 Å². The molecule has 1 saturated heterocycles. The van der Waals surface area contributed by atoms with Crippen LogP contribution < -0.4 is 5.32 Å². The number of ether oxygens (including phenoxy) is 1. The van der Waals surface area contributed by atoms with E-state index < -0.39 is 0 Å². The van der Waals surface area contributed by atoms with Crippen LogP contribution in [0.2, 0.25) is 0 Å². The van der Waals surface area contributed by atoms with Crippen LogP contribution in [0.15, 0.2) is 30.3 Å². The van der Waals surface area contributed by atoms with Crippen molar-refractivity contribution in [3.8, 4) is 0 Å². The van der Waals surface area contributed by atoms with Gasteiger partial charge < -0.3 is 15.2 Å². The van der Waals surface area contributed by atoms with Crippen molar-refractivity contribution < 1.29 is 9.84 Å². The predicted molar refractivity (Wildman–Crippen MR) is 80.6 cm³/mol. The van der Waals surface area contributed by atoms with Gasteiger partial charge in [-0.1, -0.05) is 30.3 Å². The summed E-state index contributed by atoms with van der Waals surface area (Å²) in [5, 5.41) is 12.6. The Kier molecular flexibility index (Phi) is 5.98. The largest absolute Gasteiger partial charge is 0.395 e. The molecule has 0 radical (unpaired) electrons. The standard InChI is InChI=1S/C16H26N2O2/c1-17-12-16(7-10-20-14-16)13-18(8-9-19)11-15-5-3-2-4-6-15/h2-6,17,19H,7-14H2,1H3. The normalized spacial score (nSPS) is 22.6. The highest BCUT2D eigenvalue weighted by molar-refractivity contribution is 5.14. The van der Waals surface area contributed by atoms with Crippen LogP contribution >= 0.6 is 0 Å². The number of aliphatic hydroxyl groups excluding tert-OH is 1. The molecule has 1 aromatic rings. The average Bonchev–Trinajstić information content (AvgIpc) is 2.89. The van der Waals surface area contributed by atoms with Gasteiger partial charge >= 0.3 is 0 Å². The molecular formula is C16H26N2O2. The molecule has 2 rings (SSSR count). The summed E-state index contributed by atoms with van der Waals surface area (Å²) >= 11 is 0. The zero-order valence-corrected chi connectivity index (χ0v) is 12.3. The summed E-state index contributed by atoms with van der Waals surface area (Å²) in [6.45, 7) is 5.37. The lowest BCUT2D eigenvalue weighted by Gasteiger charge is -2.34. The molecule has 0 saturated carbocycles. The van der Waals surface area contributed by atoms with Gasteiger partial charge in [-0.2, -0.15) is 0 Å². The number of rotatable bonds is 8. The molecule has 112 valence electrons. The topological polar surface area (TPSA) is 44.7 Å². The summed E-state index contributed by atoms with van der Waals surface area (Å²) in [7, 11) is 1.99. The second-order valence-corrected chi connectivity index (χ2v) is 5.75. The van der Waals surface area contributed by atoms with Gasteiger partial charge in [-0.15, -0.1) is 0 Å². The van der Waals surface area contributed by atoms with E-state index in [0.717, 1.165) is 39.3 Å². The molecule has 1 fully saturated rings. The molecule has 1 heterocycles. The molecule has 4 nitrogen and oxygen atoms in total. The van der Waals surface area contributed by atoms with Gasteiger partial charge in [0.2, 0.25) is 0 Å². The minimum Gasteiger partial charge on any atom is -0.395 e. The van der Waals surface area contributed by atoms with E-state index in [2.05, 4.69) is 34.5 Å². The van der Waals surface area contributed by atoms with Crippen LogP contribution in [0.3, 0.4) is 0 Å². The lowest BCUT2D eigenvalue weighted by molar-refractivity contribution is 0.0942. The third-order valence-electron chi connectivity index (χ3n) is 3.96. The van der Waals surface area contributed by atoms with Crippen molar-refractivity contribution >= 4 is 0 Å². The fraction of sp³-hybridized carbons (Fsp3) is 0.625. The zero-order valence-electron chi connectivity index (χ0n) is 12.3. The lowest BCUT2D eigenvalue weighted by atomic mass is 9.86. The second kappa shape index (κ2) is 7.74. The molecule has 0 bridgehead atoms. The fourth-order valence-corrected chi connectivity index (χ4v) is 3.02. The minimum absolute atomic E-state index is 0.179. The molecule has 20 heavy (non-hydrogen) atoms. The first-order chi connectivity index (χ1) is 9.78. The van der Waals surface area contributed by atoms with E-state index in [1.165, 1.54) is 5.56 Å².